The lowest BCUT2D eigenvalue weighted by Crippen LogP contribution is -2.36. The summed E-state index contributed by atoms with van der Waals surface area (Å²) in [5, 5.41) is 2.12. The Labute approximate surface area is 131 Å². The quantitative estimate of drug-likeness (QED) is 0.821. The summed E-state index contributed by atoms with van der Waals surface area (Å²) in [6.07, 6.45) is 4.00. The van der Waals surface area contributed by atoms with E-state index in [0.29, 0.717) is 0 Å². The molecule has 0 N–H and O–H groups in total. The van der Waals surface area contributed by atoms with E-state index in [9.17, 15) is 4.79 Å². The molecule has 0 aromatic carbocycles. The highest BCUT2D eigenvalue weighted by Crippen LogP contribution is 2.26. The van der Waals surface area contributed by atoms with Crippen molar-refractivity contribution in [3.05, 3.63) is 44.3 Å². The molecule has 106 valence electrons. The Morgan fingerprint density at radius 3 is 3.15 bits per heavy atom. The molecule has 1 amide bonds. The lowest BCUT2D eigenvalue weighted by Gasteiger charge is -2.27. The molecule has 0 fully saturated rings. The highest BCUT2D eigenvalue weighted by molar-refractivity contribution is 9.10. The van der Waals surface area contributed by atoms with Gasteiger partial charge in [-0.25, -0.2) is 0 Å². The van der Waals surface area contributed by atoms with Crippen molar-refractivity contribution in [1.82, 2.24) is 9.47 Å². The van der Waals surface area contributed by atoms with Gasteiger partial charge in [-0.3, -0.25) is 4.79 Å². The number of hydrogen-bond donors (Lipinski definition) is 0. The van der Waals surface area contributed by atoms with Gasteiger partial charge in [0.25, 0.3) is 5.91 Å². The van der Waals surface area contributed by atoms with E-state index >= 15 is 0 Å². The van der Waals surface area contributed by atoms with Crippen LogP contribution in [0.25, 0.3) is 0 Å². The van der Waals surface area contributed by atoms with Crippen LogP contribution in [0.5, 0.6) is 0 Å². The third-order valence-corrected chi connectivity index (χ3v) is 5.10. The molecule has 20 heavy (non-hydrogen) atoms. The van der Waals surface area contributed by atoms with Gasteiger partial charge in [0.15, 0.2) is 0 Å². The first kappa shape index (κ1) is 13.9. The van der Waals surface area contributed by atoms with E-state index in [1.807, 2.05) is 17.2 Å². The fraction of sp³-hybridized carbons (Fsp3) is 0.400. The molecule has 2 aromatic rings. The number of carbonyl (C=O) groups is 1. The third-order valence-electron chi connectivity index (χ3n) is 3.64. The van der Waals surface area contributed by atoms with Crippen molar-refractivity contribution in [1.29, 1.82) is 0 Å². The SMILES string of the molecule is CCCn1cc(Br)cc1C(=O)N1CCc2sccc2C1. The van der Waals surface area contributed by atoms with Gasteiger partial charge in [-0.2, -0.15) is 0 Å². The van der Waals surface area contributed by atoms with E-state index < -0.39 is 0 Å². The summed E-state index contributed by atoms with van der Waals surface area (Å²) >= 11 is 5.27. The maximum absolute atomic E-state index is 12.7. The lowest BCUT2D eigenvalue weighted by molar-refractivity contribution is 0.0724. The lowest BCUT2D eigenvalue weighted by atomic mass is 10.1. The van der Waals surface area contributed by atoms with Crippen LogP contribution in [-0.4, -0.2) is 21.9 Å². The van der Waals surface area contributed by atoms with Gasteiger partial charge in [0.05, 0.1) is 0 Å². The molecular weight excluding hydrogens is 336 g/mol. The summed E-state index contributed by atoms with van der Waals surface area (Å²) in [6.45, 7) is 4.57. The van der Waals surface area contributed by atoms with Crippen molar-refractivity contribution >= 4 is 33.2 Å². The Morgan fingerprint density at radius 2 is 2.35 bits per heavy atom. The predicted octanol–water partition coefficient (Wildman–Crippen LogP) is 3.92. The molecule has 2 aromatic heterocycles. The first-order valence-corrected chi connectivity index (χ1v) is 8.56. The van der Waals surface area contributed by atoms with Gasteiger partial charge in [-0.1, -0.05) is 6.92 Å². The molecule has 3 nitrogen and oxygen atoms in total. The van der Waals surface area contributed by atoms with E-state index in [0.717, 1.165) is 42.6 Å². The van der Waals surface area contributed by atoms with Crippen LogP contribution in [0.15, 0.2) is 28.2 Å². The van der Waals surface area contributed by atoms with Crippen molar-refractivity contribution in [3.63, 3.8) is 0 Å². The second kappa shape index (κ2) is 5.74. The van der Waals surface area contributed by atoms with Crippen LogP contribution < -0.4 is 0 Å². The number of halogens is 1. The first-order chi connectivity index (χ1) is 9.69. The average Bonchev–Trinajstić information content (AvgIpc) is 3.04. The van der Waals surface area contributed by atoms with Gasteiger partial charge in [0.1, 0.15) is 5.69 Å². The number of carbonyl (C=O) groups excluding carboxylic acids is 1. The minimum atomic E-state index is 0.140. The van der Waals surface area contributed by atoms with E-state index in [2.05, 4.69) is 38.9 Å². The first-order valence-electron chi connectivity index (χ1n) is 6.89. The number of nitrogens with zero attached hydrogens (tertiary/aromatic N) is 2. The number of amides is 1. The van der Waals surface area contributed by atoms with Crippen LogP contribution in [0.1, 0.15) is 34.3 Å². The summed E-state index contributed by atoms with van der Waals surface area (Å²) in [4.78, 5) is 16.1. The second-order valence-electron chi connectivity index (χ2n) is 5.08. The Kier molecular flexibility index (Phi) is 3.98. The fourth-order valence-electron chi connectivity index (χ4n) is 2.66. The van der Waals surface area contributed by atoms with Gasteiger partial charge in [0.2, 0.25) is 0 Å². The molecule has 1 aliphatic rings. The Hall–Kier alpha value is -1.07. The van der Waals surface area contributed by atoms with Crippen LogP contribution in [0, 0.1) is 0 Å². The second-order valence-corrected chi connectivity index (χ2v) is 7.00. The topological polar surface area (TPSA) is 25.2 Å². The molecule has 0 saturated heterocycles. The van der Waals surface area contributed by atoms with Crippen molar-refractivity contribution in [2.75, 3.05) is 6.54 Å². The highest BCUT2D eigenvalue weighted by Gasteiger charge is 2.24. The number of aromatic nitrogens is 1. The standard InChI is InChI=1S/C15H17BrN2OS/c1-2-5-17-10-12(16)8-13(17)15(19)18-6-3-14-11(9-18)4-7-20-14/h4,7-8,10H,2-3,5-6,9H2,1H3. The molecule has 0 saturated carbocycles. The Morgan fingerprint density at radius 1 is 1.50 bits per heavy atom. The molecule has 0 atom stereocenters. The molecular formula is C15H17BrN2OS. The fourth-order valence-corrected chi connectivity index (χ4v) is 4.02. The van der Waals surface area contributed by atoms with E-state index in [1.54, 1.807) is 11.3 Å². The molecule has 3 heterocycles. The van der Waals surface area contributed by atoms with Crippen molar-refractivity contribution in [2.24, 2.45) is 0 Å². The zero-order valence-corrected chi connectivity index (χ0v) is 13.8. The zero-order chi connectivity index (χ0) is 14.1. The summed E-state index contributed by atoms with van der Waals surface area (Å²) in [7, 11) is 0. The summed E-state index contributed by atoms with van der Waals surface area (Å²) < 4.78 is 3.03. The van der Waals surface area contributed by atoms with Crippen LogP contribution in [0.2, 0.25) is 0 Å². The molecule has 0 bridgehead atoms. The molecule has 5 heteroatoms. The molecule has 0 unspecified atom stereocenters. The third kappa shape index (κ3) is 2.56. The molecule has 0 radical (unpaired) electrons. The largest absolute Gasteiger partial charge is 0.342 e. The van der Waals surface area contributed by atoms with Crippen LogP contribution >= 0.6 is 27.3 Å². The van der Waals surface area contributed by atoms with Gasteiger partial charge < -0.3 is 9.47 Å². The molecule has 0 aliphatic carbocycles. The minimum absolute atomic E-state index is 0.140. The predicted molar refractivity (Wildman–Crippen MR) is 85.2 cm³/mol. The van der Waals surface area contributed by atoms with Gasteiger partial charge in [-0.15, -0.1) is 11.3 Å². The minimum Gasteiger partial charge on any atom is -0.342 e. The van der Waals surface area contributed by atoms with Crippen LogP contribution in [0.3, 0.4) is 0 Å². The van der Waals surface area contributed by atoms with E-state index in [1.165, 1.54) is 10.4 Å². The zero-order valence-electron chi connectivity index (χ0n) is 11.4. The molecule has 3 rings (SSSR count). The highest BCUT2D eigenvalue weighted by atomic mass is 79.9. The normalized spacial score (nSPS) is 14.4. The number of rotatable bonds is 3. The maximum atomic E-state index is 12.7. The summed E-state index contributed by atoms with van der Waals surface area (Å²) in [6, 6.07) is 4.07. The van der Waals surface area contributed by atoms with Gasteiger partial charge >= 0.3 is 0 Å². The summed E-state index contributed by atoms with van der Waals surface area (Å²) in [5.74, 6) is 0.140. The smallest absolute Gasteiger partial charge is 0.270 e. The van der Waals surface area contributed by atoms with Crippen molar-refractivity contribution in [3.8, 4) is 0 Å². The monoisotopic (exact) mass is 352 g/mol. The van der Waals surface area contributed by atoms with Gasteiger partial charge in [0, 0.05) is 35.2 Å². The number of hydrogen-bond acceptors (Lipinski definition) is 2. The molecule has 0 spiro atoms. The Balaban J connectivity index is 1.83. The average molecular weight is 353 g/mol. The number of aryl methyl sites for hydroxylation is 1. The van der Waals surface area contributed by atoms with Crippen molar-refractivity contribution < 1.29 is 4.79 Å². The Bertz CT molecular complexity index is 632. The number of fused-ring (bicyclic) bond motifs is 1. The van der Waals surface area contributed by atoms with E-state index in [4.69, 9.17) is 0 Å². The maximum Gasteiger partial charge on any atom is 0.270 e. The van der Waals surface area contributed by atoms with Crippen LogP contribution in [-0.2, 0) is 19.5 Å². The summed E-state index contributed by atoms with van der Waals surface area (Å²) in [5.41, 5.74) is 2.10. The van der Waals surface area contributed by atoms with Crippen molar-refractivity contribution in [2.45, 2.75) is 32.9 Å². The van der Waals surface area contributed by atoms with E-state index in [-0.39, 0.29) is 5.91 Å². The number of thiophene rings is 1. The van der Waals surface area contributed by atoms with Crippen LogP contribution in [0.4, 0.5) is 0 Å². The van der Waals surface area contributed by atoms with Gasteiger partial charge in [-0.05, 0) is 51.8 Å². The molecule has 1 aliphatic heterocycles.